The Kier molecular flexibility index (Phi) is 5.86. The number of hydrazone groups is 1. The largest absolute Gasteiger partial charge is 0.493 e. The summed E-state index contributed by atoms with van der Waals surface area (Å²) in [6, 6.07) is 17.3. The predicted molar refractivity (Wildman–Crippen MR) is 127 cm³/mol. The van der Waals surface area contributed by atoms with E-state index < -0.39 is 5.91 Å². The first-order chi connectivity index (χ1) is 14.1. The zero-order valence-electron chi connectivity index (χ0n) is 15.4. The summed E-state index contributed by atoms with van der Waals surface area (Å²) in [5.74, 6) is 0.636. The van der Waals surface area contributed by atoms with Crippen LogP contribution in [0.4, 0.5) is 0 Å². The Morgan fingerprint density at radius 1 is 1.21 bits per heavy atom. The molecule has 4 rings (SSSR count). The Bertz CT molecular complexity index is 1250. The molecule has 0 aliphatic rings. The lowest BCUT2D eigenvalue weighted by atomic mass is 10.0. The molecule has 0 unspecified atom stereocenters. The Balaban J connectivity index is 1.57. The molecular formula is C22H16BrIN2O3. The van der Waals surface area contributed by atoms with Gasteiger partial charge < -0.3 is 9.15 Å². The van der Waals surface area contributed by atoms with E-state index in [-0.39, 0.29) is 5.76 Å². The molecule has 7 heteroatoms. The van der Waals surface area contributed by atoms with E-state index in [4.69, 9.17) is 9.15 Å². The number of furan rings is 1. The number of hydrogen-bond donors (Lipinski definition) is 1. The van der Waals surface area contributed by atoms with Crippen LogP contribution in [-0.2, 0) is 0 Å². The van der Waals surface area contributed by atoms with Gasteiger partial charge in [0.2, 0.25) is 0 Å². The first kappa shape index (κ1) is 19.9. The van der Waals surface area contributed by atoms with Gasteiger partial charge in [0.15, 0.2) is 5.76 Å². The molecule has 0 bridgehead atoms. The summed E-state index contributed by atoms with van der Waals surface area (Å²) in [5, 5.41) is 6.98. The molecule has 0 fully saturated rings. The van der Waals surface area contributed by atoms with Crippen LogP contribution in [0.5, 0.6) is 5.75 Å². The van der Waals surface area contributed by atoms with Crippen molar-refractivity contribution in [3.05, 3.63) is 74.0 Å². The van der Waals surface area contributed by atoms with Crippen LogP contribution < -0.4 is 10.2 Å². The highest BCUT2D eigenvalue weighted by molar-refractivity contribution is 14.1. The molecule has 1 N–H and O–H groups in total. The van der Waals surface area contributed by atoms with E-state index >= 15 is 0 Å². The molecular weight excluding hydrogens is 547 g/mol. The predicted octanol–water partition coefficient (Wildman–Crippen LogP) is 6.12. The lowest BCUT2D eigenvalue weighted by Gasteiger charge is -2.09. The van der Waals surface area contributed by atoms with Crippen LogP contribution in [0.3, 0.4) is 0 Å². The molecule has 0 aliphatic carbocycles. The average Bonchev–Trinajstić information content (AvgIpc) is 3.14. The molecule has 0 saturated heterocycles. The number of nitrogens with one attached hydrogen (secondary N) is 1. The Labute approximate surface area is 189 Å². The Hall–Kier alpha value is -2.39. The van der Waals surface area contributed by atoms with Gasteiger partial charge in [-0.05, 0) is 65.2 Å². The van der Waals surface area contributed by atoms with Crippen molar-refractivity contribution in [1.82, 2.24) is 5.43 Å². The number of carbonyl (C=O) groups is 1. The first-order valence-electron chi connectivity index (χ1n) is 8.93. The maximum absolute atomic E-state index is 12.5. The minimum absolute atomic E-state index is 0.213. The van der Waals surface area contributed by atoms with Crippen molar-refractivity contribution in [1.29, 1.82) is 0 Å². The van der Waals surface area contributed by atoms with Gasteiger partial charge in [0.1, 0.15) is 11.3 Å². The van der Waals surface area contributed by atoms with E-state index in [2.05, 4.69) is 49.0 Å². The second kappa shape index (κ2) is 8.54. The van der Waals surface area contributed by atoms with Crippen molar-refractivity contribution in [2.75, 3.05) is 6.61 Å². The number of rotatable bonds is 5. The number of nitrogens with zero attached hydrogens (tertiary/aromatic N) is 1. The molecule has 0 saturated carbocycles. The Morgan fingerprint density at radius 2 is 2.00 bits per heavy atom. The second-order valence-electron chi connectivity index (χ2n) is 6.25. The molecule has 146 valence electrons. The van der Waals surface area contributed by atoms with Gasteiger partial charge in [-0.3, -0.25) is 4.79 Å². The monoisotopic (exact) mass is 562 g/mol. The number of carbonyl (C=O) groups excluding carboxylic acids is 1. The van der Waals surface area contributed by atoms with Crippen molar-refractivity contribution in [2.45, 2.75) is 6.92 Å². The average molecular weight is 563 g/mol. The highest BCUT2D eigenvalue weighted by atomic mass is 127. The number of amides is 1. The van der Waals surface area contributed by atoms with E-state index in [0.29, 0.717) is 12.2 Å². The van der Waals surface area contributed by atoms with Crippen LogP contribution in [0.1, 0.15) is 23.0 Å². The van der Waals surface area contributed by atoms with Gasteiger partial charge in [0.25, 0.3) is 0 Å². The number of hydrogen-bond acceptors (Lipinski definition) is 4. The summed E-state index contributed by atoms with van der Waals surface area (Å²) in [7, 11) is 0. The van der Waals surface area contributed by atoms with Crippen molar-refractivity contribution in [3.8, 4) is 5.75 Å². The molecule has 3 aromatic carbocycles. The molecule has 0 aliphatic heterocycles. The molecule has 0 spiro atoms. The molecule has 1 aromatic heterocycles. The zero-order valence-corrected chi connectivity index (χ0v) is 19.2. The lowest BCUT2D eigenvalue weighted by Crippen LogP contribution is -2.16. The number of ether oxygens (including phenoxy) is 1. The zero-order chi connectivity index (χ0) is 20.4. The highest BCUT2D eigenvalue weighted by Crippen LogP contribution is 2.29. The standard InChI is InChI=1S/C22H16BrIN2O3/c1-2-28-19-8-7-13(16-5-3-4-6-17(16)19)12-25-26-22(27)20-10-14-9-15(23)11-18(24)21(14)29-20/h3-12H,2H2,1H3,(H,26,27)/b25-12-. The van der Waals surface area contributed by atoms with Crippen molar-refractivity contribution in [2.24, 2.45) is 5.10 Å². The molecule has 1 amide bonds. The van der Waals surface area contributed by atoms with Crippen LogP contribution in [-0.4, -0.2) is 18.7 Å². The van der Waals surface area contributed by atoms with Gasteiger partial charge in [0.05, 0.1) is 16.4 Å². The van der Waals surface area contributed by atoms with E-state index in [1.54, 1.807) is 12.3 Å². The molecule has 1 heterocycles. The fourth-order valence-corrected chi connectivity index (χ4v) is 4.75. The normalized spacial score (nSPS) is 11.4. The summed E-state index contributed by atoms with van der Waals surface area (Å²) in [5.41, 5.74) is 4.10. The van der Waals surface area contributed by atoms with Crippen LogP contribution >= 0.6 is 38.5 Å². The molecule has 0 atom stereocenters. The van der Waals surface area contributed by atoms with Crippen LogP contribution in [0.15, 0.2) is 68.6 Å². The molecule has 4 aromatic rings. The number of benzene rings is 3. The minimum Gasteiger partial charge on any atom is -0.493 e. The summed E-state index contributed by atoms with van der Waals surface area (Å²) in [4.78, 5) is 12.5. The van der Waals surface area contributed by atoms with Crippen molar-refractivity contribution in [3.63, 3.8) is 0 Å². The van der Waals surface area contributed by atoms with Gasteiger partial charge in [0, 0.05) is 20.8 Å². The minimum atomic E-state index is -0.403. The van der Waals surface area contributed by atoms with Crippen LogP contribution in [0, 0.1) is 3.57 Å². The summed E-state index contributed by atoms with van der Waals surface area (Å²) in [6.07, 6.45) is 1.62. The van der Waals surface area contributed by atoms with Crippen molar-refractivity contribution < 1.29 is 13.9 Å². The maximum atomic E-state index is 12.5. The summed E-state index contributed by atoms with van der Waals surface area (Å²) >= 11 is 5.63. The van der Waals surface area contributed by atoms with E-state index in [9.17, 15) is 4.79 Å². The van der Waals surface area contributed by atoms with E-state index in [1.165, 1.54) is 0 Å². The molecule has 29 heavy (non-hydrogen) atoms. The Morgan fingerprint density at radius 3 is 2.79 bits per heavy atom. The summed E-state index contributed by atoms with van der Waals surface area (Å²) < 4.78 is 13.3. The van der Waals surface area contributed by atoms with Crippen LogP contribution in [0.2, 0.25) is 0 Å². The molecule has 5 nitrogen and oxygen atoms in total. The topological polar surface area (TPSA) is 63.8 Å². The van der Waals surface area contributed by atoms with Gasteiger partial charge in [-0.25, -0.2) is 5.43 Å². The number of fused-ring (bicyclic) bond motifs is 2. The van der Waals surface area contributed by atoms with Gasteiger partial charge in [-0.15, -0.1) is 0 Å². The smallest absolute Gasteiger partial charge is 0.307 e. The first-order valence-corrected chi connectivity index (χ1v) is 10.8. The third-order valence-electron chi connectivity index (χ3n) is 4.35. The quantitative estimate of drug-likeness (QED) is 0.181. The lowest BCUT2D eigenvalue weighted by molar-refractivity contribution is 0.0929. The summed E-state index contributed by atoms with van der Waals surface area (Å²) in [6.45, 7) is 2.55. The van der Waals surface area contributed by atoms with E-state index in [0.717, 1.165) is 35.5 Å². The fourth-order valence-electron chi connectivity index (χ4n) is 3.09. The second-order valence-corrected chi connectivity index (χ2v) is 8.33. The number of halogens is 2. The highest BCUT2D eigenvalue weighted by Gasteiger charge is 2.14. The van der Waals surface area contributed by atoms with Gasteiger partial charge in [-0.1, -0.05) is 40.2 Å². The third kappa shape index (κ3) is 4.16. The van der Waals surface area contributed by atoms with Gasteiger partial charge in [-0.2, -0.15) is 5.10 Å². The van der Waals surface area contributed by atoms with Crippen molar-refractivity contribution >= 4 is 72.4 Å². The fraction of sp³-hybridized carbons (Fsp3) is 0.0909. The molecule has 0 radical (unpaired) electrons. The van der Waals surface area contributed by atoms with E-state index in [1.807, 2.05) is 55.5 Å². The SMILES string of the molecule is CCOc1ccc(/C=N\NC(=O)c2cc3cc(Br)cc(I)c3o2)c2ccccc12. The maximum Gasteiger partial charge on any atom is 0.307 e. The van der Waals surface area contributed by atoms with Crippen LogP contribution in [0.25, 0.3) is 21.7 Å². The van der Waals surface area contributed by atoms with Gasteiger partial charge >= 0.3 is 5.91 Å². The third-order valence-corrected chi connectivity index (χ3v) is 5.61.